The van der Waals surface area contributed by atoms with Gasteiger partial charge in [0.25, 0.3) is 0 Å². The molecule has 1 aliphatic heterocycles. The maximum Gasteiger partial charge on any atom is 0.331 e. The number of morpholine rings is 1. The monoisotopic (exact) mass is 245 g/mol. The fourth-order valence-corrected chi connectivity index (χ4v) is 1.77. The second-order valence-corrected chi connectivity index (χ2v) is 3.88. The molecule has 1 amide bonds. The average molecular weight is 245 g/mol. The van der Waals surface area contributed by atoms with Crippen LogP contribution in [0.1, 0.15) is 19.3 Å². The van der Waals surface area contributed by atoms with E-state index in [0.29, 0.717) is 32.4 Å². The van der Waals surface area contributed by atoms with Crippen LogP contribution in [0.5, 0.6) is 0 Å². The molecule has 0 aliphatic carbocycles. The number of methoxy groups -OCH3 is 1. The summed E-state index contributed by atoms with van der Waals surface area (Å²) in [5.74, 6) is -0.530. The topological polar surface area (TPSA) is 76.1 Å². The highest BCUT2D eigenvalue weighted by atomic mass is 16.5. The minimum atomic E-state index is -0.629. The molecule has 0 spiro atoms. The lowest BCUT2D eigenvalue weighted by atomic mass is 10.1. The van der Waals surface area contributed by atoms with Gasteiger partial charge in [-0.25, -0.2) is 4.79 Å². The molecule has 1 fully saturated rings. The number of ether oxygens (including phenoxy) is 2. The molecule has 1 N–H and O–H groups in total. The molecule has 0 aromatic carbocycles. The van der Waals surface area contributed by atoms with Gasteiger partial charge in [0.05, 0.1) is 20.3 Å². The van der Waals surface area contributed by atoms with Crippen molar-refractivity contribution >= 4 is 11.9 Å². The van der Waals surface area contributed by atoms with Gasteiger partial charge in [0, 0.05) is 19.6 Å². The van der Waals surface area contributed by atoms with Crippen LogP contribution < -0.4 is 0 Å². The normalized spacial score (nSPS) is 20.1. The Kier molecular flexibility index (Phi) is 5.93. The fraction of sp³-hybridized carbons (Fsp3) is 0.818. The molecule has 0 aromatic heterocycles. The first-order chi connectivity index (χ1) is 8.20. The van der Waals surface area contributed by atoms with Gasteiger partial charge in [0.1, 0.15) is 0 Å². The van der Waals surface area contributed by atoms with Gasteiger partial charge in [0.15, 0.2) is 6.04 Å². The van der Waals surface area contributed by atoms with Crippen LogP contribution in [-0.2, 0) is 19.1 Å². The quantitative estimate of drug-likeness (QED) is 0.524. The lowest BCUT2D eigenvalue weighted by molar-refractivity contribution is -0.160. The van der Waals surface area contributed by atoms with Gasteiger partial charge in [0.2, 0.25) is 5.91 Å². The van der Waals surface area contributed by atoms with Crippen LogP contribution in [0.25, 0.3) is 0 Å². The summed E-state index contributed by atoms with van der Waals surface area (Å²) >= 11 is 0. The Morgan fingerprint density at radius 3 is 2.88 bits per heavy atom. The third-order valence-electron chi connectivity index (χ3n) is 2.72. The molecule has 0 radical (unpaired) electrons. The molecule has 17 heavy (non-hydrogen) atoms. The van der Waals surface area contributed by atoms with Crippen LogP contribution in [0, 0.1) is 0 Å². The lowest BCUT2D eigenvalue weighted by Gasteiger charge is -2.33. The standard InChI is InChI=1S/C11H19NO5/c1-16-11(15)9-8-17-7-5-12(9)10(14)4-2-3-6-13/h9,13H,2-8H2,1H3. The highest BCUT2D eigenvalue weighted by Crippen LogP contribution is 2.11. The van der Waals surface area contributed by atoms with E-state index >= 15 is 0 Å². The molecule has 0 saturated carbocycles. The molecule has 1 heterocycles. The van der Waals surface area contributed by atoms with E-state index in [0.717, 1.165) is 0 Å². The van der Waals surface area contributed by atoms with Crippen molar-refractivity contribution in [2.45, 2.75) is 25.3 Å². The van der Waals surface area contributed by atoms with Crippen molar-refractivity contribution in [3.05, 3.63) is 0 Å². The largest absolute Gasteiger partial charge is 0.467 e. The minimum Gasteiger partial charge on any atom is -0.467 e. The number of aliphatic hydroxyl groups is 1. The number of hydrogen-bond donors (Lipinski definition) is 1. The molecule has 1 unspecified atom stereocenters. The third-order valence-corrected chi connectivity index (χ3v) is 2.72. The molecular weight excluding hydrogens is 226 g/mol. The number of nitrogens with zero attached hydrogens (tertiary/aromatic N) is 1. The predicted octanol–water partition coefficient (Wildman–Crippen LogP) is -0.451. The summed E-state index contributed by atoms with van der Waals surface area (Å²) in [5, 5.41) is 8.65. The predicted molar refractivity (Wildman–Crippen MR) is 59.3 cm³/mol. The summed E-state index contributed by atoms with van der Waals surface area (Å²) in [5.41, 5.74) is 0. The Labute approximate surface area is 100 Å². The molecule has 98 valence electrons. The number of unbranched alkanes of at least 4 members (excludes halogenated alkanes) is 1. The summed E-state index contributed by atoms with van der Waals surface area (Å²) in [4.78, 5) is 24.9. The third kappa shape index (κ3) is 3.98. The van der Waals surface area contributed by atoms with Crippen LogP contribution in [0.15, 0.2) is 0 Å². The maximum absolute atomic E-state index is 11.9. The van der Waals surface area contributed by atoms with Crippen molar-refractivity contribution in [1.82, 2.24) is 4.90 Å². The molecule has 0 bridgehead atoms. The van der Waals surface area contributed by atoms with E-state index < -0.39 is 12.0 Å². The van der Waals surface area contributed by atoms with Crippen molar-refractivity contribution in [3.63, 3.8) is 0 Å². The van der Waals surface area contributed by atoms with Crippen LogP contribution in [0.4, 0.5) is 0 Å². The Hall–Kier alpha value is -1.14. The molecule has 1 rings (SSSR count). The Bertz CT molecular complexity index is 269. The molecule has 0 aromatic rings. The van der Waals surface area contributed by atoms with Gasteiger partial charge in [-0.1, -0.05) is 0 Å². The second kappa shape index (κ2) is 7.24. The smallest absolute Gasteiger partial charge is 0.331 e. The van der Waals surface area contributed by atoms with Crippen LogP contribution in [0.2, 0.25) is 0 Å². The van der Waals surface area contributed by atoms with Crippen LogP contribution in [-0.4, -0.2) is 61.4 Å². The van der Waals surface area contributed by atoms with E-state index in [1.54, 1.807) is 0 Å². The van der Waals surface area contributed by atoms with E-state index in [1.165, 1.54) is 12.0 Å². The highest BCUT2D eigenvalue weighted by Gasteiger charge is 2.33. The molecule has 1 atom stereocenters. The molecule has 1 saturated heterocycles. The summed E-state index contributed by atoms with van der Waals surface area (Å²) in [6, 6.07) is -0.629. The zero-order valence-electron chi connectivity index (χ0n) is 10.1. The van der Waals surface area contributed by atoms with Gasteiger partial charge in [-0.3, -0.25) is 4.79 Å². The highest BCUT2D eigenvalue weighted by molar-refractivity contribution is 5.84. The van der Waals surface area contributed by atoms with Gasteiger partial charge < -0.3 is 19.5 Å². The summed E-state index contributed by atoms with van der Waals surface area (Å²) in [6.07, 6.45) is 1.56. The fourth-order valence-electron chi connectivity index (χ4n) is 1.77. The maximum atomic E-state index is 11.9. The van der Waals surface area contributed by atoms with Gasteiger partial charge in [-0.05, 0) is 12.8 Å². The summed E-state index contributed by atoms with van der Waals surface area (Å²) in [7, 11) is 1.30. The van der Waals surface area contributed by atoms with Crippen LogP contribution in [0.3, 0.4) is 0 Å². The Morgan fingerprint density at radius 2 is 2.24 bits per heavy atom. The average Bonchev–Trinajstić information content (AvgIpc) is 2.38. The summed E-state index contributed by atoms with van der Waals surface area (Å²) in [6.45, 7) is 1.13. The van der Waals surface area contributed by atoms with Gasteiger partial charge >= 0.3 is 5.97 Å². The number of amides is 1. The lowest BCUT2D eigenvalue weighted by Crippen LogP contribution is -2.52. The Balaban J connectivity index is 2.52. The molecule has 6 heteroatoms. The van der Waals surface area contributed by atoms with E-state index in [1.807, 2.05) is 0 Å². The van der Waals surface area contributed by atoms with Gasteiger partial charge in [-0.2, -0.15) is 0 Å². The number of hydrogen-bond acceptors (Lipinski definition) is 5. The van der Waals surface area contributed by atoms with Gasteiger partial charge in [-0.15, -0.1) is 0 Å². The van der Waals surface area contributed by atoms with E-state index in [2.05, 4.69) is 4.74 Å². The number of esters is 1. The molecular formula is C11H19NO5. The minimum absolute atomic E-state index is 0.0802. The zero-order chi connectivity index (χ0) is 12.7. The van der Waals surface area contributed by atoms with Crippen molar-refractivity contribution in [3.8, 4) is 0 Å². The van der Waals surface area contributed by atoms with Crippen LogP contribution >= 0.6 is 0 Å². The van der Waals surface area contributed by atoms with Crippen molar-refractivity contribution in [2.24, 2.45) is 0 Å². The van der Waals surface area contributed by atoms with E-state index in [4.69, 9.17) is 9.84 Å². The second-order valence-electron chi connectivity index (χ2n) is 3.88. The SMILES string of the molecule is COC(=O)C1COCCN1C(=O)CCCCO. The van der Waals surface area contributed by atoms with E-state index in [9.17, 15) is 9.59 Å². The number of carbonyl (C=O) groups is 2. The summed E-state index contributed by atoms with van der Waals surface area (Å²) < 4.78 is 9.82. The molecule has 6 nitrogen and oxygen atoms in total. The van der Waals surface area contributed by atoms with Crippen molar-refractivity contribution in [1.29, 1.82) is 0 Å². The van der Waals surface area contributed by atoms with Crippen molar-refractivity contribution in [2.75, 3.05) is 33.5 Å². The van der Waals surface area contributed by atoms with Crippen molar-refractivity contribution < 1.29 is 24.2 Å². The number of carbonyl (C=O) groups excluding carboxylic acids is 2. The first-order valence-corrected chi connectivity index (χ1v) is 5.76. The zero-order valence-corrected chi connectivity index (χ0v) is 10.1. The van der Waals surface area contributed by atoms with E-state index in [-0.39, 0.29) is 19.1 Å². The number of rotatable bonds is 5. The first kappa shape index (κ1) is 13.9. The first-order valence-electron chi connectivity index (χ1n) is 5.76. The Morgan fingerprint density at radius 1 is 1.47 bits per heavy atom. The molecule has 1 aliphatic rings. The number of aliphatic hydroxyl groups excluding tert-OH is 1.